The second-order valence-electron chi connectivity index (χ2n) is 5.45. The second-order valence-corrected chi connectivity index (χ2v) is 5.45. The van der Waals surface area contributed by atoms with E-state index in [9.17, 15) is 9.59 Å². The highest BCUT2D eigenvalue weighted by Crippen LogP contribution is 2.15. The molecule has 3 rings (SSSR count). The third-order valence-electron chi connectivity index (χ3n) is 3.66. The summed E-state index contributed by atoms with van der Waals surface area (Å²) in [6.07, 6.45) is 2.05. The van der Waals surface area contributed by atoms with E-state index in [-0.39, 0.29) is 5.56 Å². The quantitative estimate of drug-likeness (QED) is 0.728. The van der Waals surface area contributed by atoms with Crippen molar-refractivity contribution in [2.45, 2.75) is 13.0 Å². The van der Waals surface area contributed by atoms with E-state index in [4.69, 9.17) is 10.00 Å². The third-order valence-corrected chi connectivity index (χ3v) is 3.66. The maximum absolute atomic E-state index is 12.3. The molecule has 2 aromatic carbocycles. The van der Waals surface area contributed by atoms with Crippen LogP contribution in [0.15, 0.2) is 54.9 Å². The van der Waals surface area contributed by atoms with Crippen LogP contribution in [0, 0.1) is 11.3 Å². The van der Waals surface area contributed by atoms with E-state index < -0.39 is 18.0 Å². The highest BCUT2D eigenvalue weighted by Gasteiger charge is 2.20. The summed E-state index contributed by atoms with van der Waals surface area (Å²) in [5.41, 5.74) is 2.18. The van der Waals surface area contributed by atoms with Gasteiger partial charge in [0.15, 0.2) is 6.10 Å². The number of amides is 1. The molecule has 0 bridgehead atoms. The summed E-state index contributed by atoms with van der Waals surface area (Å²) in [6.45, 7) is 1.46. The van der Waals surface area contributed by atoms with Crippen LogP contribution >= 0.6 is 0 Å². The molecule has 26 heavy (non-hydrogen) atoms. The molecule has 0 aliphatic rings. The lowest BCUT2D eigenvalue weighted by molar-refractivity contribution is -0.123. The van der Waals surface area contributed by atoms with Crippen molar-refractivity contribution in [1.82, 2.24) is 9.97 Å². The number of aromatic nitrogens is 2. The molecule has 3 aromatic rings. The number of hydrogen-bond donors (Lipinski definition) is 1. The molecule has 0 spiro atoms. The van der Waals surface area contributed by atoms with Gasteiger partial charge in [0.2, 0.25) is 0 Å². The largest absolute Gasteiger partial charge is 0.449 e. The number of carbonyl (C=O) groups excluding carboxylic acids is 2. The number of ether oxygens (including phenoxy) is 1. The number of para-hydroxylation sites is 1. The molecule has 128 valence electrons. The first-order valence-corrected chi connectivity index (χ1v) is 7.80. The minimum Gasteiger partial charge on any atom is -0.449 e. The van der Waals surface area contributed by atoms with Crippen LogP contribution in [0.5, 0.6) is 0 Å². The average Bonchev–Trinajstić information content (AvgIpc) is 2.67. The lowest BCUT2D eigenvalue weighted by Crippen LogP contribution is -2.30. The molecule has 0 aliphatic carbocycles. The van der Waals surface area contributed by atoms with E-state index in [1.54, 1.807) is 48.7 Å². The van der Waals surface area contributed by atoms with Gasteiger partial charge in [-0.25, -0.2) is 4.79 Å². The fourth-order valence-corrected chi connectivity index (χ4v) is 2.30. The molecule has 1 N–H and O–H groups in total. The monoisotopic (exact) mass is 346 g/mol. The molecule has 7 heteroatoms. The molecule has 0 fully saturated rings. The first kappa shape index (κ1) is 17.0. The summed E-state index contributed by atoms with van der Waals surface area (Å²) in [5, 5.41) is 11.6. The van der Waals surface area contributed by atoms with E-state index in [0.717, 1.165) is 0 Å². The van der Waals surface area contributed by atoms with Crippen molar-refractivity contribution in [2.24, 2.45) is 0 Å². The highest BCUT2D eigenvalue weighted by atomic mass is 16.5. The van der Waals surface area contributed by atoms with Crippen LogP contribution in [0.25, 0.3) is 11.0 Å². The van der Waals surface area contributed by atoms with Gasteiger partial charge in [-0.05, 0) is 37.3 Å². The Balaban J connectivity index is 1.69. The number of hydrogen-bond acceptors (Lipinski definition) is 6. The van der Waals surface area contributed by atoms with Crippen LogP contribution in [0.2, 0.25) is 0 Å². The molecule has 1 amide bonds. The van der Waals surface area contributed by atoms with Crippen molar-refractivity contribution in [3.63, 3.8) is 0 Å². The zero-order chi connectivity index (χ0) is 18.5. The molecule has 0 saturated heterocycles. The maximum Gasteiger partial charge on any atom is 0.338 e. The van der Waals surface area contributed by atoms with Gasteiger partial charge in [-0.2, -0.15) is 5.26 Å². The number of carbonyl (C=O) groups is 2. The summed E-state index contributed by atoms with van der Waals surface area (Å²) in [6, 6.07) is 13.4. The number of fused-ring (bicyclic) bond motifs is 1. The van der Waals surface area contributed by atoms with Crippen LogP contribution < -0.4 is 5.32 Å². The van der Waals surface area contributed by atoms with Gasteiger partial charge in [-0.15, -0.1) is 0 Å². The van der Waals surface area contributed by atoms with Crippen molar-refractivity contribution in [3.8, 4) is 6.07 Å². The Morgan fingerprint density at radius 1 is 1.12 bits per heavy atom. The summed E-state index contributed by atoms with van der Waals surface area (Å²) >= 11 is 0. The van der Waals surface area contributed by atoms with Crippen LogP contribution in [0.3, 0.4) is 0 Å². The fraction of sp³-hybridized carbons (Fsp3) is 0.105. The predicted octanol–water partition coefficient (Wildman–Crippen LogP) is 2.69. The number of esters is 1. The lowest BCUT2D eigenvalue weighted by Gasteiger charge is -2.14. The number of rotatable bonds is 4. The lowest BCUT2D eigenvalue weighted by atomic mass is 10.2. The standard InChI is InChI=1S/C19H14N4O3/c1-12(18(24)23-15-5-3-2-4-14(15)11-20)26-19(25)13-6-7-16-17(10-13)22-9-8-21-16/h2-10,12H,1H3,(H,23,24)/t12-/m0/s1. The summed E-state index contributed by atoms with van der Waals surface area (Å²) in [5.74, 6) is -1.17. The Kier molecular flexibility index (Phi) is 4.85. The number of benzene rings is 2. The topological polar surface area (TPSA) is 105 Å². The Hall–Kier alpha value is -3.79. The molecule has 0 unspecified atom stereocenters. The SMILES string of the molecule is C[C@H](OC(=O)c1ccc2nccnc2c1)C(=O)Nc1ccccc1C#N. The molecular formula is C19H14N4O3. The molecular weight excluding hydrogens is 332 g/mol. The van der Waals surface area contributed by atoms with E-state index in [2.05, 4.69) is 15.3 Å². The van der Waals surface area contributed by atoms with E-state index in [0.29, 0.717) is 22.3 Å². The maximum atomic E-state index is 12.3. The van der Waals surface area contributed by atoms with Gasteiger partial charge in [-0.3, -0.25) is 14.8 Å². The molecule has 1 atom stereocenters. The predicted molar refractivity (Wildman–Crippen MR) is 94.2 cm³/mol. The highest BCUT2D eigenvalue weighted by molar-refractivity contribution is 5.99. The van der Waals surface area contributed by atoms with E-state index >= 15 is 0 Å². The van der Waals surface area contributed by atoms with Crippen molar-refractivity contribution in [2.75, 3.05) is 5.32 Å². The Morgan fingerprint density at radius 3 is 2.62 bits per heavy atom. The van der Waals surface area contributed by atoms with Crippen molar-refractivity contribution >= 4 is 28.6 Å². The van der Waals surface area contributed by atoms with E-state index in [1.807, 2.05) is 6.07 Å². The molecule has 0 saturated carbocycles. The molecule has 1 aromatic heterocycles. The second kappa shape index (κ2) is 7.40. The minimum atomic E-state index is -1.04. The third kappa shape index (κ3) is 3.65. The summed E-state index contributed by atoms with van der Waals surface area (Å²) in [4.78, 5) is 32.8. The fourth-order valence-electron chi connectivity index (χ4n) is 2.30. The van der Waals surface area contributed by atoms with Crippen molar-refractivity contribution < 1.29 is 14.3 Å². The van der Waals surface area contributed by atoms with Gasteiger partial charge >= 0.3 is 5.97 Å². The van der Waals surface area contributed by atoms with Crippen LogP contribution in [-0.4, -0.2) is 27.9 Å². The summed E-state index contributed by atoms with van der Waals surface area (Å²) < 4.78 is 5.21. The Bertz CT molecular complexity index is 1030. The minimum absolute atomic E-state index is 0.273. The first-order chi connectivity index (χ1) is 12.6. The smallest absolute Gasteiger partial charge is 0.338 e. The molecule has 0 radical (unpaired) electrons. The number of nitriles is 1. The van der Waals surface area contributed by atoms with E-state index in [1.165, 1.54) is 13.1 Å². The normalized spacial score (nSPS) is 11.4. The van der Waals surface area contributed by atoms with Gasteiger partial charge in [0.1, 0.15) is 6.07 Å². The van der Waals surface area contributed by atoms with Crippen molar-refractivity contribution in [3.05, 3.63) is 66.0 Å². The van der Waals surface area contributed by atoms with Gasteiger partial charge in [0, 0.05) is 12.4 Å². The number of nitrogens with zero attached hydrogens (tertiary/aromatic N) is 3. The Labute approximate surface area is 149 Å². The molecule has 1 heterocycles. The van der Waals surface area contributed by atoms with Crippen molar-refractivity contribution in [1.29, 1.82) is 5.26 Å². The molecule has 0 aliphatic heterocycles. The first-order valence-electron chi connectivity index (χ1n) is 7.80. The zero-order valence-corrected chi connectivity index (χ0v) is 13.8. The number of nitrogens with one attached hydrogen (secondary N) is 1. The van der Waals surface area contributed by atoms with Gasteiger partial charge in [0.25, 0.3) is 5.91 Å². The average molecular weight is 346 g/mol. The Morgan fingerprint density at radius 2 is 1.85 bits per heavy atom. The van der Waals surface area contributed by atoms with Gasteiger partial charge in [-0.1, -0.05) is 12.1 Å². The summed E-state index contributed by atoms with van der Waals surface area (Å²) in [7, 11) is 0. The van der Waals surface area contributed by atoms with Gasteiger partial charge in [0.05, 0.1) is 27.8 Å². The molecule has 7 nitrogen and oxygen atoms in total. The zero-order valence-electron chi connectivity index (χ0n) is 13.8. The van der Waals surface area contributed by atoms with Gasteiger partial charge < -0.3 is 10.1 Å². The number of anilines is 1. The van der Waals surface area contributed by atoms with Crippen LogP contribution in [0.4, 0.5) is 5.69 Å². The van der Waals surface area contributed by atoms with Crippen LogP contribution in [0.1, 0.15) is 22.8 Å². The van der Waals surface area contributed by atoms with Crippen LogP contribution in [-0.2, 0) is 9.53 Å².